The van der Waals surface area contributed by atoms with Crippen LogP contribution in [-0.2, 0) is 16.6 Å². The van der Waals surface area contributed by atoms with Crippen molar-refractivity contribution in [1.29, 1.82) is 0 Å². The maximum Gasteiger partial charge on any atom is 0.317 e. The van der Waals surface area contributed by atoms with Gasteiger partial charge in [0.05, 0.1) is 12.9 Å². The van der Waals surface area contributed by atoms with Crippen LogP contribution in [0.1, 0.15) is 18.1 Å². The summed E-state index contributed by atoms with van der Waals surface area (Å²) < 4.78 is 30.1. The predicted octanol–water partition coefficient (Wildman–Crippen LogP) is 1.08. The first-order chi connectivity index (χ1) is 10.8. The zero-order valence-electron chi connectivity index (χ0n) is 14.0. The van der Waals surface area contributed by atoms with Crippen LogP contribution in [0.3, 0.4) is 0 Å². The fraction of sp³-hybridized carbons (Fsp3) is 0.533. The van der Waals surface area contributed by atoms with Gasteiger partial charge in [0.25, 0.3) is 0 Å². The van der Waals surface area contributed by atoms with Gasteiger partial charge in [0.1, 0.15) is 5.75 Å². The van der Waals surface area contributed by atoms with Crippen molar-refractivity contribution >= 4 is 16.1 Å². The number of hydrogen-bond acceptors (Lipinski definition) is 4. The number of aryl methyl sites for hydroxylation is 1. The molecule has 0 aliphatic rings. The van der Waals surface area contributed by atoms with E-state index in [1.807, 2.05) is 25.1 Å². The minimum atomic E-state index is -3.22. The molecule has 0 radical (unpaired) electrons. The number of carbonyl (C=O) groups is 1. The van der Waals surface area contributed by atoms with Gasteiger partial charge in [-0.25, -0.2) is 17.9 Å². The summed E-state index contributed by atoms with van der Waals surface area (Å²) in [6, 6.07) is 5.49. The van der Waals surface area contributed by atoms with Crippen molar-refractivity contribution in [2.45, 2.75) is 20.4 Å². The quantitative estimate of drug-likeness (QED) is 0.692. The molecule has 0 aliphatic carbocycles. The molecular weight excluding hydrogens is 318 g/mol. The molecule has 0 unspecified atom stereocenters. The monoisotopic (exact) mass is 343 g/mol. The molecule has 1 aromatic rings. The Hall–Kier alpha value is -1.80. The topological polar surface area (TPSA) is 87.7 Å². The van der Waals surface area contributed by atoms with Gasteiger partial charge in [-0.1, -0.05) is 12.1 Å². The standard InChI is InChI=1S/C15H25N3O4S/c1-5-23(20,21)17-9-8-16-15(19)18(3)11-13-6-7-14(22-4)12(2)10-13/h6-7,10,17H,5,8-9,11H2,1-4H3,(H,16,19). The molecule has 0 fully saturated rings. The summed E-state index contributed by atoms with van der Waals surface area (Å²) in [7, 11) is 0.0806. The van der Waals surface area contributed by atoms with Gasteiger partial charge in [-0.15, -0.1) is 0 Å². The van der Waals surface area contributed by atoms with E-state index in [1.54, 1.807) is 21.1 Å². The minimum absolute atomic E-state index is 0.0255. The second kappa shape index (κ2) is 8.73. The Morgan fingerprint density at radius 1 is 1.30 bits per heavy atom. The number of ether oxygens (including phenoxy) is 1. The molecule has 0 heterocycles. The molecule has 0 bridgehead atoms. The second-order valence-electron chi connectivity index (χ2n) is 5.19. The van der Waals surface area contributed by atoms with Crippen molar-refractivity contribution in [2.24, 2.45) is 0 Å². The fourth-order valence-electron chi connectivity index (χ4n) is 2.00. The Labute approximate surface area is 138 Å². The van der Waals surface area contributed by atoms with Crippen molar-refractivity contribution in [3.8, 4) is 5.75 Å². The second-order valence-corrected chi connectivity index (χ2v) is 7.29. The Bertz CT molecular complexity index is 632. The smallest absolute Gasteiger partial charge is 0.317 e. The van der Waals surface area contributed by atoms with Gasteiger partial charge in [-0.05, 0) is 31.0 Å². The number of sulfonamides is 1. The highest BCUT2D eigenvalue weighted by molar-refractivity contribution is 7.89. The van der Waals surface area contributed by atoms with Gasteiger partial charge in [-0.3, -0.25) is 0 Å². The Morgan fingerprint density at radius 2 is 2.00 bits per heavy atom. The zero-order valence-corrected chi connectivity index (χ0v) is 14.9. The molecule has 1 rings (SSSR count). The third-order valence-electron chi connectivity index (χ3n) is 3.33. The third-order valence-corrected chi connectivity index (χ3v) is 4.73. The van der Waals surface area contributed by atoms with E-state index in [0.29, 0.717) is 6.54 Å². The first-order valence-electron chi connectivity index (χ1n) is 7.39. The maximum atomic E-state index is 12.0. The molecule has 0 saturated carbocycles. The van der Waals surface area contributed by atoms with Gasteiger partial charge in [0.2, 0.25) is 10.0 Å². The van der Waals surface area contributed by atoms with Gasteiger partial charge < -0.3 is 15.0 Å². The van der Waals surface area contributed by atoms with E-state index < -0.39 is 10.0 Å². The van der Waals surface area contributed by atoms with E-state index in [0.717, 1.165) is 16.9 Å². The largest absolute Gasteiger partial charge is 0.496 e. The molecule has 0 spiro atoms. The molecule has 23 heavy (non-hydrogen) atoms. The Morgan fingerprint density at radius 3 is 2.57 bits per heavy atom. The highest BCUT2D eigenvalue weighted by atomic mass is 32.2. The highest BCUT2D eigenvalue weighted by Gasteiger charge is 2.10. The molecule has 0 aliphatic heterocycles. The van der Waals surface area contributed by atoms with E-state index in [1.165, 1.54) is 4.90 Å². The number of amides is 2. The number of nitrogens with zero attached hydrogens (tertiary/aromatic N) is 1. The number of nitrogens with one attached hydrogen (secondary N) is 2. The molecule has 0 atom stereocenters. The van der Waals surface area contributed by atoms with Gasteiger partial charge >= 0.3 is 6.03 Å². The lowest BCUT2D eigenvalue weighted by molar-refractivity contribution is 0.207. The van der Waals surface area contributed by atoms with Crippen LogP contribution in [0.25, 0.3) is 0 Å². The lowest BCUT2D eigenvalue weighted by Gasteiger charge is -2.19. The van der Waals surface area contributed by atoms with Crippen molar-refractivity contribution in [1.82, 2.24) is 14.9 Å². The van der Waals surface area contributed by atoms with Crippen LogP contribution in [0.15, 0.2) is 18.2 Å². The average Bonchev–Trinajstić information content (AvgIpc) is 2.51. The van der Waals surface area contributed by atoms with E-state index in [9.17, 15) is 13.2 Å². The van der Waals surface area contributed by atoms with E-state index in [-0.39, 0.29) is 24.9 Å². The lowest BCUT2D eigenvalue weighted by atomic mass is 10.1. The van der Waals surface area contributed by atoms with Gasteiger partial charge in [0.15, 0.2) is 0 Å². The zero-order chi connectivity index (χ0) is 17.5. The molecule has 7 nitrogen and oxygen atoms in total. The number of carbonyl (C=O) groups excluding carboxylic acids is 1. The van der Waals surface area contributed by atoms with Crippen LogP contribution in [0, 0.1) is 6.92 Å². The summed E-state index contributed by atoms with van der Waals surface area (Å²) >= 11 is 0. The molecule has 0 saturated heterocycles. The van der Waals surface area contributed by atoms with Crippen LogP contribution in [0.2, 0.25) is 0 Å². The summed E-state index contributed by atoms with van der Waals surface area (Å²) in [5.41, 5.74) is 2.00. The summed E-state index contributed by atoms with van der Waals surface area (Å²) in [5.74, 6) is 0.835. The van der Waals surface area contributed by atoms with Gasteiger partial charge in [0, 0.05) is 26.7 Å². The third kappa shape index (κ3) is 6.45. The van der Waals surface area contributed by atoms with Crippen LogP contribution < -0.4 is 14.8 Å². The van der Waals surface area contributed by atoms with E-state index >= 15 is 0 Å². The van der Waals surface area contributed by atoms with Crippen LogP contribution in [-0.4, -0.2) is 52.3 Å². The predicted molar refractivity (Wildman–Crippen MR) is 90.1 cm³/mol. The summed E-state index contributed by atoms with van der Waals surface area (Å²) in [6.07, 6.45) is 0. The molecule has 8 heteroatoms. The van der Waals surface area contributed by atoms with E-state index in [4.69, 9.17) is 4.74 Å². The molecule has 0 aromatic heterocycles. The number of rotatable bonds is 8. The van der Waals surface area contributed by atoms with Crippen LogP contribution in [0.4, 0.5) is 4.79 Å². The lowest BCUT2D eigenvalue weighted by Crippen LogP contribution is -2.41. The Balaban J connectivity index is 2.43. The maximum absolute atomic E-state index is 12.0. The SMILES string of the molecule is CCS(=O)(=O)NCCNC(=O)N(C)Cc1ccc(OC)c(C)c1. The fourth-order valence-corrected chi connectivity index (χ4v) is 2.61. The first-order valence-corrected chi connectivity index (χ1v) is 9.04. The molecule has 130 valence electrons. The summed E-state index contributed by atoms with van der Waals surface area (Å²) in [5, 5.41) is 2.67. The highest BCUT2D eigenvalue weighted by Crippen LogP contribution is 2.19. The van der Waals surface area contributed by atoms with Crippen molar-refractivity contribution in [3.63, 3.8) is 0 Å². The van der Waals surface area contributed by atoms with Crippen LogP contribution in [0.5, 0.6) is 5.75 Å². The number of benzene rings is 1. The molecule has 1 aromatic carbocycles. The summed E-state index contributed by atoms with van der Waals surface area (Å²) in [6.45, 7) is 4.38. The van der Waals surface area contributed by atoms with Crippen molar-refractivity contribution in [2.75, 3.05) is 33.0 Å². The molecular formula is C15H25N3O4S. The molecule has 2 amide bonds. The van der Waals surface area contributed by atoms with E-state index in [2.05, 4.69) is 10.0 Å². The molecule has 2 N–H and O–H groups in total. The number of urea groups is 1. The average molecular weight is 343 g/mol. The normalized spacial score (nSPS) is 11.1. The van der Waals surface area contributed by atoms with Crippen molar-refractivity contribution in [3.05, 3.63) is 29.3 Å². The van der Waals surface area contributed by atoms with Crippen molar-refractivity contribution < 1.29 is 17.9 Å². The summed E-state index contributed by atoms with van der Waals surface area (Å²) in [4.78, 5) is 13.5. The number of hydrogen-bond donors (Lipinski definition) is 2. The Kier molecular flexibility index (Phi) is 7.31. The van der Waals surface area contributed by atoms with Gasteiger partial charge in [-0.2, -0.15) is 0 Å². The van der Waals surface area contributed by atoms with Crippen LogP contribution >= 0.6 is 0 Å². The minimum Gasteiger partial charge on any atom is -0.496 e. The first kappa shape index (κ1) is 19.2. The number of methoxy groups -OCH3 is 1.